The van der Waals surface area contributed by atoms with Gasteiger partial charge in [0.25, 0.3) is 0 Å². The molecule has 114 valence electrons. The van der Waals surface area contributed by atoms with E-state index in [1.807, 2.05) is 50.5 Å². The van der Waals surface area contributed by atoms with E-state index in [0.717, 1.165) is 34.5 Å². The van der Waals surface area contributed by atoms with E-state index in [1.54, 1.807) is 0 Å². The van der Waals surface area contributed by atoms with Crippen molar-refractivity contribution < 1.29 is 4.74 Å². The van der Waals surface area contributed by atoms with Crippen molar-refractivity contribution in [2.45, 2.75) is 0 Å². The van der Waals surface area contributed by atoms with Gasteiger partial charge in [0, 0.05) is 28.0 Å². The van der Waals surface area contributed by atoms with Gasteiger partial charge in [-0.2, -0.15) is 0 Å². The number of H-pyrrole nitrogens is 1. The summed E-state index contributed by atoms with van der Waals surface area (Å²) in [6.07, 6.45) is 0. The number of hydrogen-bond acceptors (Lipinski definition) is 2. The van der Waals surface area contributed by atoms with Crippen molar-refractivity contribution in [1.29, 1.82) is 0 Å². The van der Waals surface area contributed by atoms with Crippen molar-refractivity contribution in [2.24, 2.45) is 0 Å². The van der Waals surface area contributed by atoms with Crippen LogP contribution in [-0.2, 0) is 0 Å². The van der Waals surface area contributed by atoms with E-state index in [0.29, 0.717) is 11.6 Å². The number of aromatic nitrogens is 1. The lowest BCUT2D eigenvalue weighted by Gasteiger charge is -2.12. The fraction of sp³-hybridized carbons (Fsp3) is 0.222. The number of ether oxygens (including phenoxy) is 1. The van der Waals surface area contributed by atoms with Crippen LogP contribution in [0.5, 0.6) is 5.75 Å². The maximum absolute atomic E-state index is 6.15. The highest BCUT2D eigenvalue weighted by Crippen LogP contribution is 2.38. The van der Waals surface area contributed by atoms with Gasteiger partial charge in [0.15, 0.2) is 5.75 Å². The Balaban J connectivity index is 2.06. The van der Waals surface area contributed by atoms with Crippen molar-refractivity contribution in [3.63, 3.8) is 0 Å². The van der Waals surface area contributed by atoms with Gasteiger partial charge in [-0.1, -0.05) is 41.9 Å². The third-order valence-corrected chi connectivity index (χ3v) is 3.80. The first-order chi connectivity index (χ1) is 10.6. The summed E-state index contributed by atoms with van der Waals surface area (Å²) >= 11 is 6.15. The summed E-state index contributed by atoms with van der Waals surface area (Å²) in [7, 11) is 4.07. The van der Waals surface area contributed by atoms with Crippen LogP contribution in [-0.4, -0.2) is 37.1 Å². The Labute approximate surface area is 135 Å². The molecule has 22 heavy (non-hydrogen) atoms. The van der Waals surface area contributed by atoms with E-state index in [-0.39, 0.29) is 0 Å². The molecule has 1 N–H and O–H groups in total. The minimum absolute atomic E-state index is 0.631. The molecule has 0 aliphatic carbocycles. The molecule has 1 heterocycles. The van der Waals surface area contributed by atoms with E-state index >= 15 is 0 Å². The summed E-state index contributed by atoms with van der Waals surface area (Å²) in [6, 6.07) is 16.0. The Morgan fingerprint density at radius 2 is 1.86 bits per heavy atom. The second-order valence-electron chi connectivity index (χ2n) is 5.54. The molecule has 0 bridgehead atoms. The first kappa shape index (κ1) is 14.9. The molecular weight excluding hydrogens is 296 g/mol. The molecule has 0 spiro atoms. The number of likely N-dealkylation sites (N-methyl/N-ethyl adjacent to an activating group) is 1. The average molecular weight is 315 g/mol. The molecule has 0 aliphatic heterocycles. The molecule has 0 amide bonds. The van der Waals surface area contributed by atoms with Gasteiger partial charge in [0.2, 0.25) is 0 Å². The Kier molecular flexibility index (Phi) is 4.36. The molecule has 3 rings (SSSR count). The number of hydrogen-bond donors (Lipinski definition) is 1. The van der Waals surface area contributed by atoms with Crippen LogP contribution in [0.4, 0.5) is 0 Å². The fourth-order valence-corrected chi connectivity index (χ4v) is 2.60. The van der Waals surface area contributed by atoms with Crippen LogP contribution in [0.15, 0.2) is 48.5 Å². The summed E-state index contributed by atoms with van der Waals surface area (Å²) < 4.78 is 6.08. The number of benzene rings is 2. The van der Waals surface area contributed by atoms with Crippen LogP contribution in [0, 0.1) is 0 Å². The molecule has 1 aromatic heterocycles. The zero-order valence-corrected chi connectivity index (χ0v) is 13.5. The summed E-state index contributed by atoms with van der Waals surface area (Å²) in [5.41, 5.74) is 3.13. The van der Waals surface area contributed by atoms with Crippen molar-refractivity contribution >= 4 is 22.5 Å². The fourth-order valence-electron chi connectivity index (χ4n) is 2.43. The van der Waals surface area contributed by atoms with Gasteiger partial charge in [-0.05, 0) is 32.3 Å². The zero-order valence-electron chi connectivity index (χ0n) is 12.8. The van der Waals surface area contributed by atoms with E-state index in [4.69, 9.17) is 16.3 Å². The Bertz CT molecular complexity index is 765. The highest BCUT2D eigenvalue weighted by molar-refractivity contribution is 6.31. The largest absolute Gasteiger partial charge is 0.489 e. The molecule has 0 saturated heterocycles. The summed E-state index contributed by atoms with van der Waals surface area (Å²) in [4.78, 5) is 5.55. The lowest BCUT2D eigenvalue weighted by molar-refractivity contribution is 0.264. The Morgan fingerprint density at radius 3 is 2.59 bits per heavy atom. The number of halogens is 1. The maximum Gasteiger partial charge on any atom is 0.152 e. The van der Waals surface area contributed by atoms with Crippen LogP contribution >= 0.6 is 11.6 Å². The molecule has 3 aromatic rings. The van der Waals surface area contributed by atoms with Gasteiger partial charge >= 0.3 is 0 Å². The lowest BCUT2D eigenvalue weighted by atomic mass is 10.1. The molecule has 0 saturated carbocycles. The van der Waals surface area contributed by atoms with Gasteiger partial charge < -0.3 is 14.6 Å². The third kappa shape index (κ3) is 3.11. The third-order valence-electron chi connectivity index (χ3n) is 3.56. The normalized spacial score (nSPS) is 11.3. The predicted octanol–water partition coefficient (Wildman–Crippen LogP) is 4.43. The lowest BCUT2D eigenvalue weighted by Crippen LogP contribution is -2.19. The molecule has 2 aromatic carbocycles. The van der Waals surface area contributed by atoms with Gasteiger partial charge in [0.05, 0.1) is 5.69 Å². The van der Waals surface area contributed by atoms with Crippen LogP contribution in [0.1, 0.15) is 0 Å². The van der Waals surface area contributed by atoms with E-state index < -0.39 is 0 Å². The minimum Gasteiger partial charge on any atom is -0.489 e. The number of rotatable bonds is 5. The highest BCUT2D eigenvalue weighted by atomic mass is 35.5. The molecule has 3 nitrogen and oxygen atoms in total. The van der Waals surface area contributed by atoms with Gasteiger partial charge in [-0.25, -0.2) is 0 Å². The van der Waals surface area contributed by atoms with E-state index in [1.165, 1.54) is 0 Å². The highest BCUT2D eigenvalue weighted by Gasteiger charge is 2.15. The Hall–Kier alpha value is -1.97. The van der Waals surface area contributed by atoms with Crippen LogP contribution < -0.4 is 4.74 Å². The van der Waals surface area contributed by atoms with Crippen LogP contribution in [0.3, 0.4) is 0 Å². The van der Waals surface area contributed by atoms with Crippen molar-refractivity contribution in [1.82, 2.24) is 9.88 Å². The first-order valence-corrected chi connectivity index (χ1v) is 7.67. The SMILES string of the molecule is CN(C)CCOc1c(-c2ccccc2)[nH]c2ccc(Cl)cc12. The molecule has 0 aliphatic rings. The quantitative estimate of drug-likeness (QED) is 0.754. The van der Waals surface area contributed by atoms with E-state index in [9.17, 15) is 0 Å². The molecule has 4 heteroatoms. The van der Waals surface area contributed by atoms with Crippen molar-refractivity contribution in [3.8, 4) is 17.0 Å². The summed E-state index contributed by atoms with van der Waals surface area (Å²) in [5.74, 6) is 0.866. The minimum atomic E-state index is 0.631. The van der Waals surface area contributed by atoms with Gasteiger partial charge in [-0.3, -0.25) is 0 Å². The predicted molar refractivity (Wildman–Crippen MR) is 92.8 cm³/mol. The molecule has 0 atom stereocenters. The smallest absolute Gasteiger partial charge is 0.152 e. The second-order valence-corrected chi connectivity index (χ2v) is 5.97. The number of nitrogens with zero attached hydrogens (tertiary/aromatic N) is 1. The topological polar surface area (TPSA) is 28.3 Å². The number of aromatic amines is 1. The van der Waals surface area contributed by atoms with Crippen molar-refractivity contribution in [3.05, 3.63) is 53.6 Å². The maximum atomic E-state index is 6.15. The molecule has 0 fully saturated rings. The zero-order chi connectivity index (χ0) is 15.5. The van der Waals surface area contributed by atoms with Crippen molar-refractivity contribution in [2.75, 3.05) is 27.2 Å². The Morgan fingerprint density at radius 1 is 1.09 bits per heavy atom. The monoisotopic (exact) mass is 314 g/mol. The van der Waals surface area contributed by atoms with Crippen LogP contribution in [0.2, 0.25) is 5.02 Å². The van der Waals surface area contributed by atoms with Gasteiger partial charge in [0.1, 0.15) is 6.61 Å². The summed E-state index contributed by atoms with van der Waals surface area (Å²) in [6.45, 7) is 1.49. The van der Waals surface area contributed by atoms with E-state index in [2.05, 4.69) is 22.0 Å². The summed E-state index contributed by atoms with van der Waals surface area (Å²) in [5, 5.41) is 1.73. The standard InChI is InChI=1S/C18H19ClN2O/c1-21(2)10-11-22-18-15-12-14(19)8-9-16(15)20-17(18)13-6-4-3-5-7-13/h3-9,12,20H,10-11H2,1-2H3. The van der Waals surface area contributed by atoms with Crippen LogP contribution in [0.25, 0.3) is 22.2 Å². The second kappa shape index (κ2) is 6.42. The molecular formula is C18H19ClN2O. The number of nitrogens with one attached hydrogen (secondary N) is 1. The molecule has 0 unspecified atom stereocenters. The number of fused-ring (bicyclic) bond motifs is 1. The average Bonchev–Trinajstić information content (AvgIpc) is 2.86. The molecule has 0 radical (unpaired) electrons. The van der Waals surface area contributed by atoms with Gasteiger partial charge in [-0.15, -0.1) is 0 Å². The first-order valence-electron chi connectivity index (χ1n) is 7.29.